The van der Waals surface area contributed by atoms with Gasteiger partial charge in [-0.2, -0.15) is 0 Å². The maximum absolute atomic E-state index is 12.5. The molecule has 1 aliphatic carbocycles. The number of hydrogen-bond donors (Lipinski definition) is 1. The van der Waals surface area contributed by atoms with Crippen molar-refractivity contribution in [1.82, 2.24) is 0 Å². The number of hydrogen-bond acceptors (Lipinski definition) is 3. The van der Waals surface area contributed by atoms with E-state index < -0.39 is 18.6 Å². The Labute approximate surface area is 136 Å². The average Bonchev–Trinajstić information content (AvgIpc) is 2.88. The number of ether oxygens (including phenoxy) is 2. The molecule has 0 heterocycles. The summed E-state index contributed by atoms with van der Waals surface area (Å²) in [5.41, 5.74) is 7.74. The molecular weight excluding hydrogens is 323 g/mol. The SMILES string of the molecule is NC(=O)OC1CCc2cc(-c3ccccc3OC(F)(F)F)ccc21. The largest absolute Gasteiger partial charge is 0.573 e. The van der Waals surface area contributed by atoms with E-state index in [9.17, 15) is 18.0 Å². The van der Waals surface area contributed by atoms with Crippen LogP contribution in [0.4, 0.5) is 18.0 Å². The van der Waals surface area contributed by atoms with E-state index in [1.54, 1.807) is 30.3 Å². The number of carbonyl (C=O) groups excluding carboxylic acids is 1. The lowest BCUT2D eigenvalue weighted by atomic mass is 9.99. The first-order chi connectivity index (χ1) is 11.3. The van der Waals surface area contributed by atoms with Crippen LogP contribution in [-0.4, -0.2) is 12.5 Å². The van der Waals surface area contributed by atoms with E-state index in [1.165, 1.54) is 12.1 Å². The van der Waals surface area contributed by atoms with Gasteiger partial charge in [-0.05, 0) is 35.6 Å². The average molecular weight is 337 g/mol. The van der Waals surface area contributed by atoms with Crippen LogP contribution in [0.15, 0.2) is 42.5 Å². The lowest BCUT2D eigenvalue weighted by Gasteiger charge is -2.15. The molecular formula is C17H14F3NO3. The number of aryl methyl sites for hydroxylation is 1. The van der Waals surface area contributed by atoms with Gasteiger partial charge >= 0.3 is 12.5 Å². The number of amides is 1. The second-order valence-electron chi connectivity index (χ2n) is 5.42. The molecule has 24 heavy (non-hydrogen) atoms. The van der Waals surface area contributed by atoms with Gasteiger partial charge in [0, 0.05) is 5.56 Å². The van der Waals surface area contributed by atoms with Gasteiger partial charge in [0.2, 0.25) is 0 Å². The molecule has 4 nitrogen and oxygen atoms in total. The third kappa shape index (κ3) is 3.45. The van der Waals surface area contributed by atoms with Crippen molar-refractivity contribution in [2.24, 2.45) is 5.73 Å². The number of alkyl halides is 3. The zero-order valence-corrected chi connectivity index (χ0v) is 12.5. The third-order valence-electron chi connectivity index (χ3n) is 3.85. The summed E-state index contributed by atoms with van der Waals surface area (Å²) in [5, 5.41) is 0. The van der Waals surface area contributed by atoms with Crippen LogP contribution >= 0.6 is 0 Å². The first-order valence-electron chi connectivity index (χ1n) is 7.27. The van der Waals surface area contributed by atoms with Crippen molar-refractivity contribution in [2.75, 3.05) is 0 Å². The second kappa shape index (κ2) is 6.07. The first-order valence-corrected chi connectivity index (χ1v) is 7.27. The van der Waals surface area contributed by atoms with Crippen LogP contribution in [0.25, 0.3) is 11.1 Å². The van der Waals surface area contributed by atoms with Gasteiger partial charge in [-0.1, -0.05) is 36.4 Å². The Kier molecular flexibility index (Phi) is 4.09. The number of benzene rings is 2. The zero-order chi connectivity index (χ0) is 17.3. The molecule has 1 atom stereocenters. The van der Waals surface area contributed by atoms with Crippen molar-refractivity contribution in [3.8, 4) is 16.9 Å². The predicted molar refractivity (Wildman–Crippen MR) is 80.3 cm³/mol. The highest BCUT2D eigenvalue weighted by Crippen LogP contribution is 2.39. The van der Waals surface area contributed by atoms with Crippen LogP contribution in [-0.2, 0) is 11.2 Å². The Balaban J connectivity index is 1.94. The van der Waals surface area contributed by atoms with Crippen LogP contribution in [0, 0.1) is 0 Å². The van der Waals surface area contributed by atoms with Gasteiger partial charge in [0.05, 0.1) is 0 Å². The molecule has 0 spiro atoms. The minimum atomic E-state index is -4.76. The molecule has 1 amide bonds. The summed E-state index contributed by atoms with van der Waals surface area (Å²) in [6.45, 7) is 0. The highest BCUT2D eigenvalue weighted by atomic mass is 19.4. The van der Waals surface area contributed by atoms with E-state index in [-0.39, 0.29) is 5.75 Å². The van der Waals surface area contributed by atoms with Crippen molar-refractivity contribution >= 4 is 6.09 Å². The van der Waals surface area contributed by atoms with E-state index in [4.69, 9.17) is 10.5 Å². The third-order valence-corrected chi connectivity index (χ3v) is 3.85. The van der Waals surface area contributed by atoms with Gasteiger partial charge in [-0.15, -0.1) is 13.2 Å². The quantitative estimate of drug-likeness (QED) is 0.906. The maximum atomic E-state index is 12.5. The molecule has 7 heteroatoms. The van der Waals surface area contributed by atoms with Crippen molar-refractivity contribution < 1.29 is 27.4 Å². The van der Waals surface area contributed by atoms with Gasteiger partial charge in [0.1, 0.15) is 11.9 Å². The molecule has 0 saturated heterocycles. The van der Waals surface area contributed by atoms with Gasteiger partial charge in [0.15, 0.2) is 0 Å². The molecule has 2 N–H and O–H groups in total. The molecule has 1 aliphatic rings. The number of primary amides is 1. The monoisotopic (exact) mass is 337 g/mol. The summed E-state index contributed by atoms with van der Waals surface area (Å²) in [7, 11) is 0. The van der Waals surface area contributed by atoms with Gasteiger partial charge < -0.3 is 15.2 Å². The molecule has 2 aromatic rings. The van der Waals surface area contributed by atoms with Gasteiger partial charge in [0.25, 0.3) is 0 Å². The Bertz CT molecular complexity index is 774. The minimum Gasteiger partial charge on any atom is -0.441 e. The van der Waals surface area contributed by atoms with Crippen molar-refractivity contribution in [1.29, 1.82) is 0 Å². The molecule has 0 fully saturated rings. The Morgan fingerprint density at radius 3 is 2.62 bits per heavy atom. The molecule has 3 rings (SSSR count). The smallest absolute Gasteiger partial charge is 0.441 e. The summed E-state index contributed by atoms with van der Waals surface area (Å²) in [6, 6.07) is 11.2. The second-order valence-corrected chi connectivity index (χ2v) is 5.42. The fraction of sp³-hybridized carbons (Fsp3) is 0.235. The van der Waals surface area contributed by atoms with Crippen molar-refractivity contribution in [2.45, 2.75) is 25.3 Å². The topological polar surface area (TPSA) is 61.6 Å². The van der Waals surface area contributed by atoms with Crippen LogP contribution in [0.3, 0.4) is 0 Å². The maximum Gasteiger partial charge on any atom is 0.573 e. The van der Waals surface area contributed by atoms with E-state index in [1.807, 2.05) is 0 Å². The Hall–Kier alpha value is -2.70. The van der Waals surface area contributed by atoms with E-state index in [0.717, 1.165) is 11.1 Å². The zero-order valence-electron chi connectivity index (χ0n) is 12.5. The highest BCUT2D eigenvalue weighted by molar-refractivity contribution is 5.72. The van der Waals surface area contributed by atoms with Crippen LogP contribution < -0.4 is 10.5 Å². The summed E-state index contributed by atoms with van der Waals surface area (Å²) in [4.78, 5) is 10.9. The lowest BCUT2D eigenvalue weighted by Crippen LogP contribution is -2.17. The van der Waals surface area contributed by atoms with E-state index in [2.05, 4.69) is 4.74 Å². The van der Waals surface area contributed by atoms with E-state index in [0.29, 0.717) is 24.0 Å². The molecule has 1 unspecified atom stereocenters. The highest BCUT2D eigenvalue weighted by Gasteiger charge is 2.32. The van der Waals surface area contributed by atoms with Crippen molar-refractivity contribution in [3.05, 3.63) is 53.6 Å². The fourth-order valence-electron chi connectivity index (χ4n) is 2.93. The number of nitrogens with two attached hydrogens (primary N) is 1. The number of halogens is 3. The fourth-order valence-corrected chi connectivity index (χ4v) is 2.93. The molecule has 126 valence electrons. The normalized spacial score (nSPS) is 16.5. The van der Waals surface area contributed by atoms with Crippen molar-refractivity contribution in [3.63, 3.8) is 0 Å². The summed E-state index contributed by atoms with van der Waals surface area (Å²) < 4.78 is 46.8. The van der Waals surface area contributed by atoms with Crippen LogP contribution in [0.2, 0.25) is 0 Å². The van der Waals surface area contributed by atoms with Gasteiger partial charge in [-0.3, -0.25) is 0 Å². The molecule has 0 radical (unpaired) electrons. The Morgan fingerprint density at radius 2 is 1.92 bits per heavy atom. The summed E-state index contributed by atoms with van der Waals surface area (Å²) in [5.74, 6) is -0.257. The summed E-state index contributed by atoms with van der Waals surface area (Å²) >= 11 is 0. The minimum absolute atomic E-state index is 0.257. The van der Waals surface area contributed by atoms with E-state index >= 15 is 0 Å². The standard InChI is InChI=1S/C17H14F3NO3/c18-17(19,20)24-15-4-2-1-3-12(15)10-5-7-13-11(9-10)6-8-14(13)23-16(21)22/h1-5,7,9,14H,6,8H2,(H2,21,22). The molecule has 0 aliphatic heterocycles. The predicted octanol–water partition coefficient (Wildman–Crippen LogP) is 4.33. The van der Waals surface area contributed by atoms with Crippen LogP contribution in [0.1, 0.15) is 23.7 Å². The number of para-hydroxylation sites is 1. The lowest BCUT2D eigenvalue weighted by molar-refractivity contribution is -0.274. The number of carbonyl (C=O) groups is 1. The number of fused-ring (bicyclic) bond motifs is 1. The summed E-state index contributed by atoms with van der Waals surface area (Å²) in [6.07, 6.45) is -4.76. The molecule has 0 saturated carbocycles. The van der Waals surface area contributed by atoms with Gasteiger partial charge in [-0.25, -0.2) is 4.79 Å². The molecule has 0 bridgehead atoms. The molecule has 0 aromatic heterocycles. The number of rotatable bonds is 3. The van der Waals surface area contributed by atoms with Crippen LogP contribution in [0.5, 0.6) is 5.75 Å². The first kappa shape index (κ1) is 16.2. The molecule has 2 aromatic carbocycles. The Morgan fingerprint density at radius 1 is 1.17 bits per heavy atom.